The Bertz CT molecular complexity index is 994. The Balaban J connectivity index is 1.24. The van der Waals surface area contributed by atoms with Crippen LogP contribution in [0.5, 0.6) is 0 Å². The Morgan fingerprint density at radius 2 is 1.73 bits per heavy atom. The van der Waals surface area contributed by atoms with Gasteiger partial charge in [0, 0.05) is 51.0 Å². The van der Waals surface area contributed by atoms with E-state index in [0.29, 0.717) is 44.7 Å². The maximum absolute atomic E-state index is 12.8. The maximum Gasteiger partial charge on any atom is 0.274 e. The molecule has 1 N–H and O–H groups in total. The minimum absolute atomic E-state index is 0.179. The molecule has 8 heteroatoms. The smallest absolute Gasteiger partial charge is 0.274 e. The lowest BCUT2D eigenvalue weighted by atomic mass is 10.1. The summed E-state index contributed by atoms with van der Waals surface area (Å²) in [5, 5.41) is 9.99. The molecule has 8 nitrogen and oxygen atoms in total. The first-order valence-corrected chi connectivity index (χ1v) is 10.4. The predicted molar refractivity (Wildman–Crippen MR) is 111 cm³/mol. The molecule has 0 spiro atoms. The average Bonchev–Trinajstić information content (AvgIpc) is 3.44. The summed E-state index contributed by atoms with van der Waals surface area (Å²) in [4.78, 5) is 39.4. The van der Waals surface area contributed by atoms with Gasteiger partial charge in [0.25, 0.3) is 11.8 Å². The van der Waals surface area contributed by atoms with Gasteiger partial charge in [-0.3, -0.25) is 14.6 Å². The topological polar surface area (TPSA) is 89.9 Å². The lowest BCUT2D eigenvalue weighted by Gasteiger charge is -2.35. The van der Waals surface area contributed by atoms with Gasteiger partial charge in [-0.1, -0.05) is 6.07 Å². The first kappa shape index (κ1) is 19.0. The highest BCUT2D eigenvalue weighted by Crippen LogP contribution is 2.37. The third kappa shape index (κ3) is 3.31. The fourth-order valence-electron chi connectivity index (χ4n) is 4.21. The molecule has 3 heterocycles. The summed E-state index contributed by atoms with van der Waals surface area (Å²) in [5.41, 5.74) is 3.46. The van der Waals surface area contributed by atoms with Crippen molar-refractivity contribution in [2.45, 2.75) is 24.9 Å². The molecule has 1 saturated carbocycles. The van der Waals surface area contributed by atoms with E-state index >= 15 is 0 Å². The first-order valence-electron chi connectivity index (χ1n) is 10.4. The number of fused-ring (bicyclic) bond motifs is 1. The van der Waals surface area contributed by atoms with Gasteiger partial charge in [-0.25, -0.2) is 4.98 Å². The zero-order valence-electron chi connectivity index (χ0n) is 17.0. The summed E-state index contributed by atoms with van der Waals surface area (Å²) < 4.78 is 0. The molecule has 1 aromatic heterocycles. The Morgan fingerprint density at radius 1 is 1.00 bits per heavy atom. The van der Waals surface area contributed by atoms with Gasteiger partial charge in [-0.2, -0.15) is 0 Å². The molecule has 30 heavy (non-hydrogen) atoms. The third-order valence-corrected chi connectivity index (χ3v) is 6.35. The highest BCUT2D eigenvalue weighted by molar-refractivity contribution is 5.93. The van der Waals surface area contributed by atoms with Crippen LogP contribution in [0, 0.1) is 0 Å². The molecule has 5 rings (SSSR count). The second-order valence-electron chi connectivity index (χ2n) is 8.42. The van der Waals surface area contributed by atoms with Crippen LogP contribution in [0.3, 0.4) is 0 Å². The quantitative estimate of drug-likeness (QED) is 0.815. The Morgan fingerprint density at radius 3 is 2.40 bits per heavy atom. The van der Waals surface area contributed by atoms with Gasteiger partial charge in [0.15, 0.2) is 0 Å². The Kier molecular flexibility index (Phi) is 4.47. The van der Waals surface area contributed by atoms with Gasteiger partial charge in [0.05, 0.1) is 18.1 Å². The van der Waals surface area contributed by atoms with Crippen molar-refractivity contribution in [3.05, 3.63) is 41.9 Å². The van der Waals surface area contributed by atoms with Crippen molar-refractivity contribution in [1.29, 1.82) is 0 Å². The number of aliphatic hydroxyl groups is 1. The molecule has 3 aliphatic rings. The van der Waals surface area contributed by atoms with E-state index in [0.717, 1.165) is 24.2 Å². The second-order valence-corrected chi connectivity index (χ2v) is 8.42. The van der Waals surface area contributed by atoms with E-state index in [2.05, 4.69) is 34.0 Å². The monoisotopic (exact) mass is 407 g/mol. The van der Waals surface area contributed by atoms with Crippen LogP contribution in [0.4, 0.5) is 5.69 Å². The van der Waals surface area contributed by atoms with Crippen molar-refractivity contribution in [1.82, 2.24) is 19.8 Å². The van der Waals surface area contributed by atoms with Crippen molar-refractivity contribution in [3.8, 4) is 11.3 Å². The van der Waals surface area contributed by atoms with Gasteiger partial charge in [-0.05, 0) is 37.0 Å². The summed E-state index contributed by atoms with van der Waals surface area (Å²) in [6.45, 7) is 2.75. The van der Waals surface area contributed by atoms with Crippen LogP contribution in [0.25, 0.3) is 11.3 Å². The van der Waals surface area contributed by atoms with Crippen molar-refractivity contribution in [2.75, 3.05) is 44.7 Å². The van der Waals surface area contributed by atoms with Crippen LogP contribution in [-0.4, -0.2) is 82.1 Å². The highest BCUT2D eigenvalue weighted by Gasteiger charge is 2.50. The number of anilines is 1. The average molecular weight is 407 g/mol. The number of nitrogens with zero attached hydrogens (tertiary/aromatic N) is 5. The molecular formula is C22H25N5O3. The zero-order valence-corrected chi connectivity index (χ0v) is 17.0. The molecule has 156 valence electrons. The molecule has 0 atom stereocenters. The summed E-state index contributed by atoms with van der Waals surface area (Å²) in [6.07, 6.45) is 5.27. The number of carbonyl (C=O) groups excluding carboxylic acids is 2. The summed E-state index contributed by atoms with van der Waals surface area (Å²) in [7, 11) is 2.09. The molecule has 0 bridgehead atoms. The normalized spacial score (nSPS) is 19.6. The van der Waals surface area contributed by atoms with Gasteiger partial charge < -0.3 is 19.8 Å². The van der Waals surface area contributed by atoms with Gasteiger partial charge in [0.2, 0.25) is 0 Å². The molecule has 2 aliphatic heterocycles. The summed E-state index contributed by atoms with van der Waals surface area (Å²) in [5.74, 6) is -0.388. The van der Waals surface area contributed by atoms with Crippen molar-refractivity contribution in [3.63, 3.8) is 0 Å². The summed E-state index contributed by atoms with van der Waals surface area (Å²) >= 11 is 0. The Labute approximate surface area is 175 Å². The molecule has 1 saturated heterocycles. The fourth-order valence-corrected chi connectivity index (χ4v) is 4.21. The largest absolute Gasteiger partial charge is 0.380 e. The standard InChI is InChI=1S/C22H25N5O3/c1-25-7-4-16-12-15(2-3-19(16)25)17-13-24-18(14-23-17)20(28)26-8-10-27(11-9-26)21(29)22(30)5-6-22/h2-3,12-14,30H,4-11H2,1H3. The van der Waals surface area contributed by atoms with Gasteiger partial charge >= 0.3 is 0 Å². The van der Waals surface area contributed by atoms with Crippen LogP contribution in [0.1, 0.15) is 28.9 Å². The van der Waals surface area contributed by atoms with Crippen LogP contribution < -0.4 is 4.90 Å². The van der Waals surface area contributed by atoms with E-state index < -0.39 is 5.60 Å². The number of amides is 2. The fraction of sp³-hybridized carbons (Fsp3) is 0.455. The first-order chi connectivity index (χ1) is 14.4. The molecule has 2 aromatic rings. The predicted octanol–water partition coefficient (Wildman–Crippen LogP) is 0.945. The second kappa shape index (κ2) is 7.05. The van der Waals surface area contributed by atoms with E-state index in [1.165, 1.54) is 17.4 Å². The maximum atomic E-state index is 12.8. The molecular weight excluding hydrogens is 382 g/mol. The van der Waals surface area contributed by atoms with Crippen molar-refractivity contribution in [2.24, 2.45) is 0 Å². The van der Waals surface area contributed by atoms with E-state index in [4.69, 9.17) is 0 Å². The third-order valence-electron chi connectivity index (χ3n) is 6.35. The number of likely N-dealkylation sites (N-methyl/N-ethyl adjacent to an activating group) is 1. The Hall–Kier alpha value is -3.00. The lowest BCUT2D eigenvalue weighted by molar-refractivity contribution is -0.143. The number of carbonyl (C=O) groups is 2. The molecule has 1 aliphatic carbocycles. The van der Waals surface area contributed by atoms with E-state index in [9.17, 15) is 14.7 Å². The molecule has 0 unspecified atom stereocenters. The summed E-state index contributed by atoms with van der Waals surface area (Å²) in [6, 6.07) is 6.29. The number of piperazine rings is 1. The van der Waals surface area contributed by atoms with Crippen LogP contribution >= 0.6 is 0 Å². The van der Waals surface area contributed by atoms with E-state index in [1.54, 1.807) is 16.0 Å². The highest BCUT2D eigenvalue weighted by atomic mass is 16.3. The van der Waals surface area contributed by atoms with Crippen LogP contribution in [0.15, 0.2) is 30.6 Å². The number of aromatic nitrogens is 2. The minimum atomic E-state index is -1.15. The lowest BCUT2D eigenvalue weighted by Crippen LogP contribution is -2.53. The molecule has 2 amide bonds. The number of hydrogen-bond donors (Lipinski definition) is 1. The van der Waals surface area contributed by atoms with E-state index in [1.807, 2.05) is 6.07 Å². The number of hydrogen-bond acceptors (Lipinski definition) is 6. The van der Waals surface area contributed by atoms with Crippen molar-refractivity contribution >= 4 is 17.5 Å². The SMILES string of the molecule is CN1CCc2cc(-c3cnc(C(=O)N4CCN(C(=O)C5(O)CC5)CC4)cn3)ccc21. The van der Waals surface area contributed by atoms with E-state index in [-0.39, 0.29) is 11.8 Å². The van der Waals surface area contributed by atoms with Gasteiger partial charge in [-0.15, -0.1) is 0 Å². The zero-order chi connectivity index (χ0) is 20.9. The van der Waals surface area contributed by atoms with Crippen LogP contribution in [0.2, 0.25) is 0 Å². The van der Waals surface area contributed by atoms with Gasteiger partial charge in [0.1, 0.15) is 11.3 Å². The molecule has 0 radical (unpaired) electrons. The molecule has 1 aromatic carbocycles. The number of benzene rings is 1. The molecule has 2 fully saturated rings. The van der Waals surface area contributed by atoms with Crippen molar-refractivity contribution < 1.29 is 14.7 Å². The number of rotatable bonds is 3. The van der Waals surface area contributed by atoms with Crippen LogP contribution in [-0.2, 0) is 11.2 Å². The minimum Gasteiger partial charge on any atom is -0.380 e.